The smallest absolute Gasteiger partial charge is 0.271 e. The minimum absolute atomic E-state index is 0.161. The highest BCUT2D eigenvalue weighted by molar-refractivity contribution is 7.93. The largest absolute Gasteiger partial charge is 0.493 e. The summed E-state index contributed by atoms with van der Waals surface area (Å²) in [4.78, 5) is 13.0. The van der Waals surface area contributed by atoms with E-state index in [1.165, 1.54) is 10.5 Å². The number of hydrogen-bond acceptors (Lipinski definition) is 6. The van der Waals surface area contributed by atoms with Gasteiger partial charge in [-0.1, -0.05) is 50.2 Å². The molecular weight excluding hydrogens is 526 g/mol. The number of carbonyl (C=O) groups is 1. The van der Waals surface area contributed by atoms with Crippen LogP contribution in [0.5, 0.6) is 11.5 Å². The second kappa shape index (κ2) is 11.8. The van der Waals surface area contributed by atoms with E-state index in [9.17, 15) is 13.2 Å². The number of anilines is 1. The van der Waals surface area contributed by atoms with Crippen molar-refractivity contribution in [2.75, 3.05) is 17.5 Å². The number of amides is 1. The summed E-state index contributed by atoms with van der Waals surface area (Å²) in [5.41, 5.74) is 5.09. The van der Waals surface area contributed by atoms with Crippen LogP contribution >= 0.6 is 0 Å². The predicted molar refractivity (Wildman–Crippen MR) is 157 cm³/mol. The number of carbonyl (C=O) groups excluding carboxylic acids is 1. The van der Waals surface area contributed by atoms with Crippen molar-refractivity contribution >= 4 is 38.6 Å². The molecule has 8 nitrogen and oxygen atoms in total. The van der Waals surface area contributed by atoms with Gasteiger partial charge in [0.2, 0.25) is 0 Å². The van der Waals surface area contributed by atoms with Crippen LogP contribution in [0.25, 0.3) is 10.8 Å². The lowest BCUT2D eigenvalue weighted by molar-refractivity contribution is 0.0955. The molecule has 4 aromatic rings. The minimum Gasteiger partial charge on any atom is -0.493 e. The zero-order valence-electron chi connectivity index (χ0n) is 22.5. The number of rotatable bonds is 11. The Labute approximate surface area is 234 Å². The van der Waals surface area contributed by atoms with Gasteiger partial charge in [0.05, 0.1) is 36.6 Å². The molecule has 0 radical (unpaired) electrons. The first-order chi connectivity index (χ1) is 19.4. The normalized spacial score (nSPS) is 13.6. The highest BCUT2D eigenvalue weighted by atomic mass is 32.2. The number of sulfonamides is 1. The van der Waals surface area contributed by atoms with Gasteiger partial charge in [0, 0.05) is 22.6 Å². The zero-order chi connectivity index (χ0) is 28.1. The maximum absolute atomic E-state index is 13.3. The third kappa shape index (κ3) is 5.51. The standard InChI is InChI=1S/C31H31N3O5S/c1-3-17-38-26-16-15-25(28(19-26)39-18-4-2)20-32-33-31(35)24-13-11-22(12-14-24)21-34-27-9-5-7-23-8-6-10-29(30(23)27)40(34,36)37/h5-16,19-20H,3-4,17-18,21H2,1-2H3,(H,33,35)/b32-20+. The van der Waals surface area contributed by atoms with E-state index in [1.54, 1.807) is 36.4 Å². The van der Waals surface area contributed by atoms with Crippen molar-refractivity contribution in [2.24, 2.45) is 5.10 Å². The second-order valence-corrected chi connectivity index (χ2v) is 11.3. The summed E-state index contributed by atoms with van der Waals surface area (Å²) in [6, 6.07) is 23.2. The SMILES string of the molecule is CCCOc1ccc(/C=N/NC(=O)c2ccc(CN3c4cccc5cccc(c45)S3(=O)=O)cc2)c(OCCC)c1. The first kappa shape index (κ1) is 27.2. The Morgan fingerprint density at radius 1 is 0.925 bits per heavy atom. The lowest BCUT2D eigenvalue weighted by Crippen LogP contribution is -2.26. The molecule has 0 aromatic heterocycles. The van der Waals surface area contributed by atoms with E-state index in [-0.39, 0.29) is 12.5 Å². The molecule has 0 saturated heterocycles. The van der Waals surface area contributed by atoms with Crippen molar-refractivity contribution in [3.63, 3.8) is 0 Å². The van der Waals surface area contributed by atoms with E-state index in [4.69, 9.17) is 9.47 Å². The van der Waals surface area contributed by atoms with E-state index in [1.807, 2.05) is 56.3 Å². The van der Waals surface area contributed by atoms with Gasteiger partial charge in [-0.15, -0.1) is 0 Å². The molecule has 0 saturated carbocycles. The first-order valence-corrected chi connectivity index (χ1v) is 14.7. The minimum atomic E-state index is -3.66. The van der Waals surface area contributed by atoms with E-state index < -0.39 is 10.0 Å². The molecule has 0 fully saturated rings. The second-order valence-electron chi connectivity index (χ2n) is 9.44. The summed E-state index contributed by atoms with van der Waals surface area (Å²) in [6.45, 7) is 5.40. The number of nitrogens with one attached hydrogen (secondary N) is 1. The van der Waals surface area contributed by atoms with E-state index in [0.717, 1.165) is 40.5 Å². The van der Waals surface area contributed by atoms with Gasteiger partial charge in [-0.25, -0.2) is 13.8 Å². The molecular formula is C31H31N3O5S. The van der Waals surface area contributed by atoms with Crippen molar-refractivity contribution in [3.8, 4) is 11.5 Å². The average molecular weight is 558 g/mol. The summed E-state index contributed by atoms with van der Waals surface area (Å²) in [7, 11) is -3.66. The van der Waals surface area contributed by atoms with Gasteiger partial charge in [-0.05, 0) is 60.2 Å². The van der Waals surface area contributed by atoms with Gasteiger partial charge in [0.15, 0.2) is 0 Å². The molecule has 1 aliphatic heterocycles. The molecule has 0 bridgehead atoms. The van der Waals surface area contributed by atoms with Crippen molar-refractivity contribution < 1.29 is 22.7 Å². The molecule has 206 valence electrons. The van der Waals surface area contributed by atoms with Crippen LogP contribution in [0, 0.1) is 0 Å². The third-order valence-electron chi connectivity index (χ3n) is 6.51. The molecule has 1 aliphatic rings. The maximum Gasteiger partial charge on any atom is 0.271 e. The lowest BCUT2D eigenvalue weighted by Gasteiger charge is -2.19. The molecule has 9 heteroatoms. The fraction of sp³-hybridized carbons (Fsp3) is 0.226. The van der Waals surface area contributed by atoms with Crippen LogP contribution in [0.15, 0.2) is 88.9 Å². The van der Waals surface area contributed by atoms with Gasteiger partial charge >= 0.3 is 0 Å². The first-order valence-electron chi connectivity index (χ1n) is 13.3. The molecule has 0 spiro atoms. The summed E-state index contributed by atoms with van der Waals surface area (Å²) >= 11 is 0. The maximum atomic E-state index is 13.3. The molecule has 1 N–H and O–H groups in total. The Morgan fingerprint density at radius 2 is 1.65 bits per heavy atom. The quantitative estimate of drug-likeness (QED) is 0.183. The van der Waals surface area contributed by atoms with Crippen LogP contribution in [-0.2, 0) is 16.6 Å². The van der Waals surface area contributed by atoms with Crippen LogP contribution in [0.3, 0.4) is 0 Å². The topological polar surface area (TPSA) is 97.3 Å². The molecule has 1 heterocycles. The molecule has 5 rings (SSSR count). The van der Waals surface area contributed by atoms with Gasteiger partial charge in [0.25, 0.3) is 15.9 Å². The fourth-order valence-corrected chi connectivity index (χ4v) is 6.25. The third-order valence-corrected chi connectivity index (χ3v) is 8.31. The highest BCUT2D eigenvalue weighted by Crippen LogP contribution is 2.42. The van der Waals surface area contributed by atoms with E-state index in [0.29, 0.717) is 35.1 Å². The molecule has 40 heavy (non-hydrogen) atoms. The number of nitrogens with zero attached hydrogens (tertiary/aromatic N) is 2. The van der Waals surface area contributed by atoms with Crippen LogP contribution in [-0.4, -0.2) is 33.8 Å². The van der Waals surface area contributed by atoms with Gasteiger partial charge in [0.1, 0.15) is 11.5 Å². The van der Waals surface area contributed by atoms with Crippen LogP contribution in [0.4, 0.5) is 5.69 Å². The van der Waals surface area contributed by atoms with Crippen molar-refractivity contribution in [1.29, 1.82) is 0 Å². The van der Waals surface area contributed by atoms with Crippen molar-refractivity contribution in [1.82, 2.24) is 5.43 Å². The van der Waals surface area contributed by atoms with E-state index >= 15 is 0 Å². The number of benzene rings is 4. The van der Waals surface area contributed by atoms with Gasteiger partial charge in [-0.3, -0.25) is 9.10 Å². The van der Waals surface area contributed by atoms with Gasteiger partial charge in [-0.2, -0.15) is 5.10 Å². The van der Waals surface area contributed by atoms with E-state index in [2.05, 4.69) is 10.5 Å². The summed E-state index contributed by atoms with van der Waals surface area (Å²) in [5, 5.41) is 5.74. The monoisotopic (exact) mass is 557 g/mol. The molecule has 0 atom stereocenters. The Morgan fingerprint density at radius 3 is 2.40 bits per heavy atom. The molecule has 0 aliphatic carbocycles. The Balaban J connectivity index is 1.26. The summed E-state index contributed by atoms with van der Waals surface area (Å²) < 4.78 is 39.5. The van der Waals surface area contributed by atoms with Crippen molar-refractivity contribution in [2.45, 2.75) is 38.1 Å². The highest BCUT2D eigenvalue weighted by Gasteiger charge is 2.35. The van der Waals surface area contributed by atoms with Crippen LogP contribution in [0.2, 0.25) is 0 Å². The molecule has 4 aromatic carbocycles. The number of ether oxygens (including phenoxy) is 2. The lowest BCUT2D eigenvalue weighted by atomic mass is 10.1. The average Bonchev–Trinajstić information content (AvgIpc) is 3.19. The Bertz CT molecular complexity index is 1660. The van der Waals surface area contributed by atoms with Gasteiger partial charge < -0.3 is 9.47 Å². The molecule has 0 unspecified atom stereocenters. The number of hydrogen-bond donors (Lipinski definition) is 1. The Hall–Kier alpha value is -4.37. The number of hydrazone groups is 1. The fourth-order valence-electron chi connectivity index (χ4n) is 4.55. The zero-order valence-corrected chi connectivity index (χ0v) is 23.3. The molecule has 1 amide bonds. The Kier molecular flexibility index (Phi) is 8.02. The van der Waals surface area contributed by atoms with Crippen molar-refractivity contribution in [3.05, 3.63) is 95.6 Å². The summed E-state index contributed by atoms with van der Waals surface area (Å²) in [6.07, 6.45) is 3.30. The summed E-state index contributed by atoms with van der Waals surface area (Å²) in [5.74, 6) is 0.969. The van der Waals surface area contributed by atoms with Crippen LogP contribution < -0.4 is 19.2 Å². The van der Waals surface area contributed by atoms with Crippen LogP contribution in [0.1, 0.15) is 48.2 Å². The predicted octanol–water partition coefficient (Wildman–Crippen LogP) is 5.89.